The van der Waals surface area contributed by atoms with E-state index in [1.165, 1.54) is 11.1 Å². The third-order valence-electron chi connectivity index (χ3n) is 10.2. The van der Waals surface area contributed by atoms with Gasteiger partial charge in [-0.2, -0.15) is 18.4 Å². The number of piperidine rings is 1. The van der Waals surface area contributed by atoms with E-state index in [0.29, 0.717) is 34.0 Å². The van der Waals surface area contributed by atoms with Crippen molar-refractivity contribution in [3.63, 3.8) is 0 Å². The quantitative estimate of drug-likeness (QED) is 0.211. The van der Waals surface area contributed by atoms with E-state index in [9.17, 15) is 23.2 Å². The molecule has 4 heterocycles. The molecule has 1 amide bonds. The number of amides is 1. The van der Waals surface area contributed by atoms with Crippen LogP contribution < -0.4 is 10.6 Å². The minimum Gasteiger partial charge on any atom is -0.367 e. The molecule has 0 atom stereocenters. The van der Waals surface area contributed by atoms with Crippen molar-refractivity contribution in [2.24, 2.45) is 5.41 Å². The number of rotatable bonds is 9. The summed E-state index contributed by atoms with van der Waals surface area (Å²) in [7, 11) is 0. The van der Waals surface area contributed by atoms with E-state index in [2.05, 4.69) is 55.2 Å². The van der Waals surface area contributed by atoms with Crippen LogP contribution in [0.5, 0.6) is 0 Å². The standard InChI is InChI=1S/C34H38F3N7OS/c1-4-29-40-30(27-12-25(13-34(35,36)37)46-31(27)41-29)39-23-7-9-43(10-8-23)15-22-5-6-28-26(20(22)2)11-24(14-38)44(28)19-32-16-33(17-32,18-32)42-21(3)45/h5-6,11-12,23H,4,7-10,13,15-19H2,1-3H3,(H,42,45)(H,39,40,41). The molecule has 4 aliphatic rings. The molecule has 0 unspecified atom stereocenters. The van der Waals surface area contributed by atoms with Crippen molar-refractivity contribution < 1.29 is 18.0 Å². The number of aryl methyl sites for hydroxylation is 2. The van der Waals surface area contributed by atoms with Crippen LogP contribution in [-0.2, 0) is 30.7 Å². The van der Waals surface area contributed by atoms with Gasteiger partial charge in [0, 0.05) is 66.9 Å². The zero-order chi connectivity index (χ0) is 32.4. The Kier molecular flexibility index (Phi) is 7.55. The lowest BCUT2D eigenvalue weighted by molar-refractivity contribution is -0.170. The summed E-state index contributed by atoms with van der Waals surface area (Å²) in [5.41, 5.74) is 4.35. The van der Waals surface area contributed by atoms with Crippen molar-refractivity contribution >= 4 is 44.2 Å². The second-order valence-electron chi connectivity index (χ2n) is 13.8. The number of halogens is 3. The van der Waals surface area contributed by atoms with Crippen LogP contribution in [0.4, 0.5) is 19.0 Å². The average molecular weight is 650 g/mol. The van der Waals surface area contributed by atoms with Crippen LogP contribution in [0.1, 0.15) is 73.5 Å². The maximum atomic E-state index is 13.1. The number of hydrogen-bond acceptors (Lipinski definition) is 7. The number of anilines is 1. The van der Waals surface area contributed by atoms with Gasteiger partial charge in [-0.25, -0.2) is 9.97 Å². The monoisotopic (exact) mass is 649 g/mol. The molecule has 12 heteroatoms. The lowest BCUT2D eigenvalue weighted by Gasteiger charge is -2.70. The molecule has 2 bridgehead atoms. The minimum absolute atomic E-state index is 0.0265. The van der Waals surface area contributed by atoms with Gasteiger partial charge in [-0.3, -0.25) is 9.69 Å². The highest BCUT2D eigenvalue weighted by atomic mass is 32.1. The molecule has 1 aromatic carbocycles. The molecule has 1 saturated heterocycles. The molecule has 0 radical (unpaired) electrons. The van der Waals surface area contributed by atoms with Gasteiger partial charge in [-0.05, 0) is 73.8 Å². The van der Waals surface area contributed by atoms with Gasteiger partial charge in [0.05, 0.1) is 11.8 Å². The Morgan fingerprint density at radius 3 is 2.54 bits per heavy atom. The number of nitrogens with one attached hydrogen (secondary N) is 2. The lowest BCUT2D eigenvalue weighted by Crippen LogP contribution is -2.75. The largest absolute Gasteiger partial charge is 0.393 e. The summed E-state index contributed by atoms with van der Waals surface area (Å²) in [4.78, 5) is 24.0. The molecule has 4 aromatic rings. The molecule has 46 heavy (non-hydrogen) atoms. The Morgan fingerprint density at radius 2 is 1.89 bits per heavy atom. The molecule has 3 aliphatic carbocycles. The smallest absolute Gasteiger partial charge is 0.367 e. The molecule has 2 N–H and O–H groups in total. The Hall–Kier alpha value is -3.69. The van der Waals surface area contributed by atoms with E-state index in [-0.39, 0.29) is 27.8 Å². The van der Waals surface area contributed by atoms with E-state index in [1.807, 2.05) is 13.0 Å². The number of fused-ring (bicyclic) bond motifs is 2. The maximum Gasteiger partial charge on any atom is 0.393 e. The summed E-state index contributed by atoms with van der Waals surface area (Å²) >= 11 is 1.10. The predicted octanol–water partition coefficient (Wildman–Crippen LogP) is 6.63. The SMILES string of the molecule is CCc1nc(NC2CCN(Cc3ccc4c(cc(C#N)n4CC45CC(NC(C)=O)(C4)C5)c3C)CC2)c2cc(CC(F)(F)F)sc2n1. The second kappa shape index (κ2) is 11.2. The molecule has 3 saturated carbocycles. The number of aromatic nitrogens is 3. The number of carbonyl (C=O) groups excluding carboxylic acids is 1. The fourth-order valence-electron chi connectivity index (χ4n) is 8.20. The van der Waals surface area contributed by atoms with Crippen molar-refractivity contribution in [3.05, 3.63) is 51.8 Å². The molecule has 0 spiro atoms. The van der Waals surface area contributed by atoms with E-state index < -0.39 is 12.6 Å². The van der Waals surface area contributed by atoms with Gasteiger partial charge in [0.1, 0.15) is 28.2 Å². The second-order valence-corrected chi connectivity index (χ2v) is 14.9. The van der Waals surface area contributed by atoms with Crippen molar-refractivity contribution in [3.8, 4) is 6.07 Å². The van der Waals surface area contributed by atoms with Crippen LogP contribution in [0.3, 0.4) is 0 Å². The number of nitrogens with zero attached hydrogens (tertiary/aromatic N) is 5. The van der Waals surface area contributed by atoms with Gasteiger partial charge in [-0.1, -0.05) is 13.0 Å². The first kappa shape index (κ1) is 30.9. The van der Waals surface area contributed by atoms with Crippen LogP contribution >= 0.6 is 11.3 Å². The topological polar surface area (TPSA) is 98.9 Å². The normalized spacial score (nSPS) is 23.2. The minimum atomic E-state index is -4.26. The molecule has 4 fully saturated rings. The average Bonchev–Trinajstić information content (AvgIpc) is 3.53. The zero-order valence-corrected chi connectivity index (χ0v) is 27.2. The number of alkyl halides is 3. The molecule has 1 aliphatic heterocycles. The number of benzene rings is 1. The summed E-state index contributed by atoms with van der Waals surface area (Å²) in [6.07, 6.45) is 0.0972. The molecule has 8 nitrogen and oxygen atoms in total. The number of carbonyl (C=O) groups is 1. The molecular weight excluding hydrogens is 611 g/mol. The van der Waals surface area contributed by atoms with Gasteiger partial charge in [0.25, 0.3) is 0 Å². The Morgan fingerprint density at radius 1 is 1.15 bits per heavy atom. The van der Waals surface area contributed by atoms with E-state index in [4.69, 9.17) is 0 Å². The van der Waals surface area contributed by atoms with Crippen molar-refractivity contribution in [1.29, 1.82) is 5.26 Å². The molecule has 3 aromatic heterocycles. The van der Waals surface area contributed by atoms with Gasteiger partial charge in [0.15, 0.2) is 0 Å². The number of thiophene rings is 1. The lowest BCUT2D eigenvalue weighted by atomic mass is 9.39. The Labute approximate surface area is 270 Å². The first-order valence-electron chi connectivity index (χ1n) is 16.0. The van der Waals surface area contributed by atoms with Crippen LogP contribution in [-0.4, -0.2) is 56.2 Å². The van der Waals surface area contributed by atoms with Gasteiger partial charge in [-0.15, -0.1) is 11.3 Å². The summed E-state index contributed by atoms with van der Waals surface area (Å²) < 4.78 is 41.4. The highest BCUT2D eigenvalue weighted by Gasteiger charge is 2.68. The van der Waals surface area contributed by atoms with Crippen molar-refractivity contribution in [2.45, 2.75) is 96.6 Å². The van der Waals surface area contributed by atoms with Crippen LogP contribution in [0.2, 0.25) is 0 Å². The van der Waals surface area contributed by atoms with Crippen molar-refractivity contribution in [1.82, 2.24) is 24.8 Å². The maximum absolute atomic E-state index is 13.1. The Balaban J connectivity index is 1.01. The number of nitriles is 1. The Bertz CT molecular complexity index is 1860. The zero-order valence-electron chi connectivity index (χ0n) is 26.4. The molecule has 242 valence electrons. The van der Waals surface area contributed by atoms with Gasteiger partial charge in [0.2, 0.25) is 5.91 Å². The summed E-state index contributed by atoms with van der Waals surface area (Å²) in [6, 6.07) is 10.5. The highest BCUT2D eigenvalue weighted by Crippen LogP contribution is 2.68. The fourth-order valence-corrected chi connectivity index (χ4v) is 9.28. The highest BCUT2D eigenvalue weighted by molar-refractivity contribution is 7.18. The summed E-state index contributed by atoms with van der Waals surface area (Å²) in [5.74, 6) is 1.29. The first-order chi connectivity index (χ1) is 21.9. The van der Waals surface area contributed by atoms with Crippen LogP contribution in [0.15, 0.2) is 24.3 Å². The third-order valence-corrected chi connectivity index (χ3v) is 11.2. The van der Waals surface area contributed by atoms with Gasteiger partial charge < -0.3 is 15.2 Å². The van der Waals surface area contributed by atoms with E-state index >= 15 is 0 Å². The number of hydrogen-bond donors (Lipinski definition) is 2. The van der Waals surface area contributed by atoms with Crippen molar-refractivity contribution in [2.75, 3.05) is 18.4 Å². The fraction of sp³-hybridized carbons (Fsp3) is 0.529. The number of likely N-dealkylation sites (tertiary alicyclic amines) is 1. The third kappa shape index (κ3) is 5.72. The molecular formula is C34H38F3N7OS. The molecule has 8 rings (SSSR count). The van der Waals surface area contributed by atoms with Crippen LogP contribution in [0.25, 0.3) is 21.1 Å². The summed E-state index contributed by atoms with van der Waals surface area (Å²) in [5, 5.41) is 18.4. The first-order valence-corrected chi connectivity index (χ1v) is 16.8. The van der Waals surface area contributed by atoms with Crippen LogP contribution in [0, 0.1) is 23.7 Å². The predicted molar refractivity (Wildman–Crippen MR) is 173 cm³/mol. The summed E-state index contributed by atoms with van der Waals surface area (Å²) in [6.45, 7) is 9.05. The van der Waals surface area contributed by atoms with E-state index in [0.717, 1.165) is 80.5 Å². The van der Waals surface area contributed by atoms with E-state index in [1.54, 1.807) is 13.0 Å². The van der Waals surface area contributed by atoms with Gasteiger partial charge >= 0.3 is 6.18 Å².